The van der Waals surface area contributed by atoms with Crippen molar-refractivity contribution < 1.29 is 14.3 Å². The molecular formula is C16H26N6O3. The lowest BCUT2D eigenvalue weighted by atomic mass is 10.3. The normalized spacial score (nSPS) is 14.6. The molecule has 0 spiro atoms. The molecule has 2 heterocycles. The number of amides is 2. The Morgan fingerprint density at radius 3 is 2.40 bits per heavy atom. The maximum Gasteiger partial charge on any atom is 0.409 e. The van der Waals surface area contributed by atoms with Gasteiger partial charge in [0, 0.05) is 39.3 Å². The van der Waals surface area contributed by atoms with Gasteiger partial charge < -0.3 is 24.8 Å². The van der Waals surface area contributed by atoms with Gasteiger partial charge in [-0.15, -0.1) is 0 Å². The van der Waals surface area contributed by atoms with Crippen molar-refractivity contribution in [2.45, 2.75) is 6.92 Å². The van der Waals surface area contributed by atoms with Gasteiger partial charge in [-0.25, -0.2) is 14.8 Å². The first-order valence-corrected chi connectivity index (χ1v) is 8.43. The van der Waals surface area contributed by atoms with Crippen LogP contribution in [0.5, 0.6) is 0 Å². The molecule has 2 amide bonds. The first-order valence-electron chi connectivity index (χ1n) is 8.43. The molecule has 0 unspecified atom stereocenters. The second-order valence-corrected chi connectivity index (χ2v) is 6.00. The van der Waals surface area contributed by atoms with Crippen molar-refractivity contribution in [3.05, 3.63) is 18.1 Å². The minimum absolute atomic E-state index is 0.171. The molecule has 1 aromatic rings. The molecule has 1 aliphatic rings. The third-order valence-corrected chi connectivity index (χ3v) is 3.83. The SMILES string of the molecule is CCOC(=O)N1CCN(C(=O)c2cnc(NCCN(C)C)cn2)CC1. The minimum Gasteiger partial charge on any atom is -0.450 e. The van der Waals surface area contributed by atoms with E-state index in [0.717, 1.165) is 13.1 Å². The van der Waals surface area contributed by atoms with Crippen LogP contribution in [0.1, 0.15) is 17.4 Å². The Kier molecular flexibility index (Phi) is 6.93. The average Bonchev–Trinajstić information content (AvgIpc) is 2.62. The van der Waals surface area contributed by atoms with Gasteiger partial charge in [0.2, 0.25) is 0 Å². The fraction of sp³-hybridized carbons (Fsp3) is 0.625. The fourth-order valence-electron chi connectivity index (χ4n) is 2.41. The number of anilines is 1. The van der Waals surface area contributed by atoms with Crippen LogP contribution in [-0.2, 0) is 4.74 Å². The highest BCUT2D eigenvalue weighted by Gasteiger charge is 2.26. The molecule has 0 bridgehead atoms. The summed E-state index contributed by atoms with van der Waals surface area (Å²) in [5.41, 5.74) is 0.308. The first-order chi connectivity index (χ1) is 12.0. The van der Waals surface area contributed by atoms with Gasteiger partial charge in [0.05, 0.1) is 19.0 Å². The predicted octanol–water partition coefficient (Wildman–Crippen LogP) is 0.364. The monoisotopic (exact) mass is 350 g/mol. The van der Waals surface area contributed by atoms with Gasteiger partial charge in [0.1, 0.15) is 11.5 Å². The van der Waals surface area contributed by atoms with Gasteiger partial charge in [-0.2, -0.15) is 0 Å². The predicted molar refractivity (Wildman–Crippen MR) is 93.6 cm³/mol. The number of ether oxygens (including phenoxy) is 1. The molecule has 0 atom stereocenters. The fourth-order valence-corrected chi connectivity index (χ4v) is 2.41. The number of rotatable bonds is 6. The molecule has 0 saturated carbocycles. The molecule has 0 radical (unpaired) electrons. The number of carbonyl (C=O) groups excluding carboxylic acids is 2. The van der Waals surface area contributed by atoms with E-state index in [1.165, 1.54) is 6.20 Å². The highest BCUT2D eigenvalue weighted by Crippen LogP contribution is 2.09. The number of carbonyl (C=O) groups is 2. The van der Waals surface area contributed by atoms with Crippen molar-refractivity contribution in [3.8, 4) is 0 Å². The Morgan fingerprint density at radius 1 is 1.16 bits per heavy atom. The molecule has 1 saturated heterocycles. The maximum absolute atomic E-state index is 12.5. The van der Waals surface area contributed by atoms with E-state index in [0.29, 0.717) is 44.3 Å². The number of likely N-dealkylation sites (N-methyl/N-ethyl adjacent to an activating group) is 1. The zero-order valence-corrected chi connectivity index (χ0v) is 15.1. The average molecular weight is 350 g/mol. The van der Waals surface area contributed by atoms with Gasteiger partial charge in [-0.05, 0) is 21.0 Å². The molecular weight excluding hydrogens is 324 g/mol. The van der Waals surface area contributed by atoms with E-state index in [4.69, 9.17) is 4.74 Å². The van der Waals surface area contributed by atoms with Crippen molar-refractivity contribution in [3.63, 3.8) is 0 Å². The van der Waals surface area contributed by atoms with E-state index in [2.05, 4.69) is 20.2 Å². The summed E-state index contributed by atoms with van der Waals surface area (Å²) in [5.74, 6) is 0.474. The summed E-state index contributed by atoms with van der Waals surface area (Å²) in [7, 11) is 3.99. The van der Waals surface area contributed by atoms with Crippen molar-refractivity contribution >= 4 is 17.8 Å². The third kappa shape index (κ3) is 5.56. The van der Waals surface area contributed by atoms with E-state index in [1.54, 1.807) is 22.9 Å². The van der Waals surface area contributed by atoms with Crippen molar-refractivity contribution in [2.24, 2.45) is 0 Å². The zero-order chi connectivity index (χ0) is 18.2. The van der Waals surface area contributed by atoms with E-state index in [-0.39, 0.29) is 12.0 Å². The molecule has 25 heavy (non-hydrogen) atoms. The highest BCUT2D eigenvalue weighted by molar-refractivity contribution is 5.92. The summed E-state index contributed by atoms with van der Waals surface area (Å²) in [6.07, 6.45) is 2.72. The molecule has 1 aromatic heterocycles. The molecule has 2 rings (SSSR count). The second-order valence-electron chi connectivity index (χ2n) is 6.00. The largest absolute Gasteiger partial charge is 0.450 e. The summed E-state index contributed by atoms with van der Waals surface area (Å²) in [4.78, 5) is 37.9. The molecule has 1 N–H and O–H groups in total. The van der Waals surface area contributed by atoms with Crippen LogP contribution >= 0.6 is 0 Å². The molecule has 138 valence electrons. The summed E-state index contributed by atoms with van der Waals surface area (Å²) in [6, 6.07) is 0. The summed E-state index contributed by atoms with van der Waals surface area (Å²) < 4.78 is 4.97. The summed E-state index contributed by atoms with van der Waals surface area (Å²) in [5, 5.41) is 3.15. The Balaban J connectivity index is 1.84. The Hall–Kier alpha value is -2.42. The quantitative estimate of drug-likeness (QED) is 0.792. The van der Waals surface area contributed by atoms with Crippen LogP contribution in [0, 0.1) is 0 Å². The lowest BCUT2D eigenvalue weighted by molar-refractivity contribution is 0.0565. The van der Waals surface area contributed by atoms with Crippen molar-refractivity contribution in [2.75, 3.05) is 65.3 Å². The van der Waals surface area contributed by atoms with Gasteiger partial charge in [-0.1, -0.05) is 0 Å². The number of nitrogens with zero attached hydrogens (tertiary/aromatic N) is 5. The maximum atomic E-state index is 12.5. The molecule has 0 aliphatic carbocycles. The molecule has 9 heteroatoms. The number of nitrogens with one attached hydrogen (secondary N) is 1. The van der Waals surface area contributed by atoms with Crippen LogP contribution in [-0.4, -0.2) is 96.6 Å². The van der Waals surface area contributed by atoms with Crippen LogP contribution < -0.4 is 5.32 Å². The number of aromatic nitrogens is 2. The Bertz CT molecular complexity index is 570. The van der Waals surface area contributed by atoms with E-state index < -0.39 is 0 Å². The van der Waals surface area contributed by atoms with E-state index in [9.17, 15) is 9.59 Å². The van der Waals surface area contributed by atoms with Gasteiger partial charge in [0.15, 0.2) is 0 Å². The summed E-state index contributed by atoms with van der Waals surface area (Å²) in [6.45, 7) is 5.60. The number of hydrogen-bond donors (Lipinski definition) is 1. The van der Waals surface area contributed by atoms with Crippen LogP contribution in [0.15, 0.2) is 12.4 Å². The summed E-state index contributed by atoms with van der Waals surface area (Å²) >= 11 is 0. The topological polar surface area (TPSA) is 90.9 Å². The lowest BCUT2D eigenvalue weighted by Crippen LogP contribution is -2.50. The number of piperazine rings is 1. The van der Waals surface area contributed by atoms with Crippen LogP contribution in [0.25, 0.3) is 0 Å². The smallest absolute Gasteiger partial charge is 0.409 e. The van der Waals surface area contributed by atoms with Crippen LogP contribution in [0.3, 0.4) is 0 Å². The van der Waals surface area contributed by atoms with Crippen molar-refractivity contribution in [1.29, 1.82) is 0 Å². The third-order valence-electron chi connectivity index (χ3n) is 3.83. The van der Waals surface area contributed by atoms with E-state index >= 15 is 0 Å². The highest BCUT2D eigenvalue weighted by atomic mass is 16.6. The lowest BCUT2D eigenvalue weighted by Gasteiger charge is -2.33. The molecule has 0 aromatic carbocycles. The molecule has 1 aliphatic heterocycles. The molecule has 1 fully saturated rings. The Labute approximate surface area is 148 Å². The van der Waals surface area contributed by atoms with Gasteiger partial charge in [-0.3, -0.25) is 4.79 Å². The standard InChI is InChI=1S/C16H26N6O3/c1-4-25-16(24)22-9-7-21(8-10-22)15(23)13-11-19-14(12-18-13)17-5-6-20(2)3/h11-12H,4-10H2,1-3H3,(H,17,19). The van der Waals surface area contributed by atoms with Gasteiger partial charge in [0.25, 0.3) is 5.91 Å². The van der Waals surface area contributed by atoms with Gasteiger partial charge >= 0.3 is 6.09 Å². The van der Waals surface area contributed by atoms with Crippen molar-refractivity contribution in [1.82, 2.24) is 24.7 Å². The Morgan fingerprint density at radius 2 is 1.84 bits per heavy atom. The zero-order valence-electron chi connectivity index (χ0n) is 15.1. The van der Waals surface area contributed by atoms with Crippen LogP contribution in [0.2, 0.25) is 0 Å². The minimum atomic E-state index is -0.331. The molecule has 9 nitrogen and oxygen atoms in total. The second kappa shape index (κ2) is 9.16. The first kappa shape index (κ1) is 18.9. The number of hydrogen-bond acceptors (Lipinski definition) is 7. The van der Waals surface area contributed by atoms with Crippen LogP contribution in [0.4, 0.5) is 10.6 Å². The van der Waals surface area contributed by atoms with E-state index in [1.807, 2.05) is 14.1 Å².